The lowest BCUT2D eigenvalue weighted by atomic mass is 9.95. The molecule has 4 heterocycles. The molecule has 15 heteroatoms. The second-order valence-electron chi connectivity index (χ2n) is 14.5. The lowest BCUT2D eigenvalue weighted by Gasteiger charge is -2.41. The molecule has 13 nitrogen and oxygen atoms in total. The fourth-order valence-corrected chi connectivity index (χ4v) is 9.74. The number of ether oxygens (including phenoxy) is 2. The Balaban J connectivity index is 1.11. The first-order valence-electron chi connectivity index (χ1n) is 18.0. The molecule has 280 valence electrons. The summed E-state index contributed by atoms with van der Waals surface area (Å²) in [4.78, 5) is 46.5. The number of nitrogens with zero attached hydrogens (tertiary/aromatic N) is 4. The smallest absolute Gasteiger partial charge is 0.341 e. The molecule has 0 spiro atoms. The summed E-state index contributed by atoms with van der Waals surface area (Å²) in [6.45, 7) is 7.36. The van der Waals surface area contributed by atoms with Crippen LogP contribution in [0.5, 0.6) is 5.75 Å². The average molecular weight is 740 g/mol. The molecular weight excluding hydrogens is 693 g/mol. The van der Waals surface area contributed by atoms with Gasteiger partial charge in [0, 0.05) is 63.0 Å². The van der Waals surface area contributed by atoms with Crippen LogP contribution in [0.3, 0.4) is 0 Å². The molecule has 2 bridgehead atoms. The number of benzene rings is 2. The minimum absolute atomic E-state index is 0.0357. The lowest BCUT2D eigenvalue weighted by molar-refractivity contribution is 0.0726. The third-order valence-electron chi connectivity index (χ3n) is 11.2. The van der Waals surface area contributed by atoms with Gasteiger partial charge in [-0.1, -0.05) is 0 Å². The highest BCUT2D eigenvalue weighted by atomic mass is 32.2. The number of carbonyl (C=O) groups excluding carboxylic acids is 2. The van der Waals surface area contributed by atoms with Gasteiger partial charge in [0.2, 0.25) is 0 Å². The maximum atomic E-state index is 16.1. The van der Waals surface area contributed by atoms with Crippen molar-refractivity contribution in [3.63, 3.8) is 0 Å². The molecular formula is C37H46FN5O8S. The van der Waals surface area contributed by atoms with Crippen molar-refractivity contribution >= 4 is 38.7 Å². The van der Waals surface area contributed by atoms with Crippen LogP contribution in [0.2, 0.25) is 0 Å². The first-order chi connectivity index (χ1) is 24.9. The van der Waals surface area contributed by atoms with Crippen molar-refractivity contribution < 1.29 is 36.3 Å². The van der Waals surface area contributed by atoms with Gasteiger partial charge in [0.25, 0.3) is 11.8 Å². The monoisotopic (exact) mass is 739 g/mol. The molecule has 2 amide bonds. The zero-order valence-corrected chi connectivity index (χ0v) is 30.9. The lowest BCUT2D eigenvalue weighted by Crippen LogP contribution is -2.53. The van der Waals surface area contributed by atoms with Crippen LogP contribution < -0.4 is 20.0 Å². The first kappa shape index (κ1) is 36.3. The van der Waals surface area contributed by atoms with Crippen molar-refractivity contribution in [3.05, 3.63) is 68.3 Å². The average Bonchev–Trinajstić information content (AvgIpc) is 3.46. The number of carbonyl (C=O) groups is 2. The van der Waals surface area contributed by atoms with Gasteiger partial charge in [-0.15, -0.1) is 0 Å². The van der Waals surface area contributed by atoms with E-state index in [1.807, 2.05) is 13.0 Å². The highest BCUT2D eigenvalue weighted by Crippen LogP contribution is 2.38. The third kappa shape index (κ3) is 6.67. The van der Waals surface area contributed by atoms with Gasteiger partial charge in [-0.05, 0) is 88.2 Å². The van der Waals surface area contributed by atoms with Crippen molar-refractivity contribution in [2.45, 2.75) is 52.1 Å². The second-order valence-corrected chi connectivity index (χ2v) is 16.2. The predicted octanol–water partition coefficient (Wildman–Crippen LogP) is 3.31. The Morgan fingerprint density at radius 2 is 1.75 bits per heavy atom. The van der Waals surface area contributed by atoms with Crippen LogP contribution in [0.4, 0.5) is 10.1 Å². The summed E-state index contributed by atoms with van der Waals surface area (Å²) in [5.41, 5.74) is 2.25. The maximum Gasteiger partial charge on any atom is 0.341 e. The van der Waals surface area contributed by atoms with Gasteiger partial charge in [0.15, 0.2) is 11.6 Å². The number of piperidine rings is 1. The Bertz CT molecular complexity index is 2060. The number of hydrogen-bond acceptors (Lipinski definition) is 10. The molecule has 3 fully saturated rings. The Morgan fingerprint density at radius 1 is 1.02 bits per heavy atom. The number of likely N-dealkylation sites (N-methyl/N-ethyl adjacent to an activating group) is 1. The number of nitrogens with one attached hydrogen (secondary N) is 1. The molecule has 2 aromatic carbocycles. The Hall–Kier alpha value is -4.05. The topological polar surface area (TPSA) is 142 Å². The molecule has 2 unspecified atom stereocenters. The van der Waals surface area contributed by atoms with Crippen LogP contribution in [-0.4, -0.2) is 107 Å². The fraction of sp³-hybridized carbons (Fsp3) is 0.541. The van der Waals surface area contributed by atoms with E-state index in [9.17, 15) is 22.8 Å². The number of anilines is 1. The number of amides is 2. The Labute approximate surface area is 302 Å². The molecule has 1 saturated carbocycles. The summed E-state index contributed by atoms with van der Waals surface area (Å²) in [7, 11) is -0.396. The van der Waals surface area contributed by atoms with E-state index < -0.39 is 39.2 Å². The number of aryl methyl sites for hydroxylation is 1. The molecule has 52 heavy (non-hydrogen) atoms. The largest absolute Gasteiger partial charge is 0.490 e. The van der Waals surface area contributed by atoms with Gasteiger partial charge in [0.05, 0.1) is 42.5 Å². The maximum absolute atomic E-state index is 16.1. The summed E-state index contributed by atoms with van der Waals surface area (Å²) in [6, 6.07) is 6.60. The van der Waals surface area contributed by atoms with Crippen LogP contribution in [0, 0.1) is 24.6 Å². The van der Waals surface area contributed by atoms with E-state index in [4.69, 9.17) is 13.9 Å². The van der Waals surface area contributed by atoms with Gasteiger partial charge in [-0.2, -0.15) is 12.7 Å². The Kier molecular flexibility index (Phi) is 10.1. The summed E-state index contributed by atoms with van der Waals surface area (Å²) in [6.07, 6.45) is 3.24. The molecule has 3 atom stereocenters. The second kappa shape index (κ2) is 14.4. The van der Waals surface area contributed by atoms with Gasteiger partial charge in [0.1, 0.15) is 5.58 Å². The fourth-order valence-electron chi connectivity index (χ4n) is 8.46. The van der Waals surface area contributed by atoms with Gasteiger partial charge < -0.3 is 23.7 Å². The molecule has 1 aromatic heterocycles. The van der Waals surface area contributed by atoms with Gasteiger partial charge in [-0.25, -0.2) is 13.9 Å². The number of methoxy groups -OCH3 is 1. The summed E-state index contributed by atoms with van der Waals surface area (Å²) >= 11 is 0. The van der Waals surface area contributed by atoms with E-state index >= 15 is 4.39 Å². The van der Waals surface area contributed by atoms with Crippen LogP contribution in [0.1, 0.15) is 63.6 Å². The third-order valence-corrected chi connectivity index (χ3v) is 12.7. The SMILES string of the molecule is CCOc1c(C(=O)NS(=O)(=O)N2CC3CCC(C3)C2)ccc(C(=O)N2CCc3c(c(=O)oc4c(C)c(N5CCN(C)[C@@H](COC)C5)ccc34)C2)c1F. The van der Waals surface area contributed by atoms with Crippen molar-refractivity contribution in [2.24, 2.45) is 11.8 Å². The summed E-state index contributed by atoms with van der Waals surface area (Å²) < 4.78 is 62.6. The van der Waals surface area contributed by atoms with Crippen LogP contribution >= 0.6 is 0 Å². The van der Waals surface area contributed by atoms with Crippen LogP contribution in [0.25, 0.3) is 11.0 Å². The molecule has 1 N–H and O–H groups in total. The van der Waals surface area contributed by atoms with Crippen molar-refractivity contribution in [2.75, 3.05) is 71.5 Å². The summed E-state index contributed by atoms with van der Waals surface area (Å²) in [5.74, 6) is -2.81. The molecule has 1 aliphatic carbocycles. The van der Waals surface area contributed by atoms with E-state index in [0.29, 0.717) is 37.3 Å². The van der Waals surface area contributed by atoms with E-state index in [1.165, 1.54) is 15.3 Å². The van der Waals surface area contributed by atoms with Gasteiger partial charge in [-0.3, -0.25) is 14.5 Å². The quantitative estimate of drug-likeness (QED) is 0.325. The van der Waals surface area contributed by atoms with Gasteiger partial charge >= 0.3 is 15.8 Å². The zero-order chi connectivity index (χ0) is 36.9. The highest BCUT2D eigenvalue weighted by molar-refractivity contribution is 7.87. The normalized spacial score (nSPS) is 22.4. The minimum atomic E-state index is -4.18. The Morgan fingerprint density at radius 3 is 2.46 bits per heavy atom. The number of halogens is 1. The molecule has 2 saturated heterocycles. The summed E-state index contributed by atoms with van der Waals surface area (Å²) in [5, 5.41) is 0.804. The number of piperazine rings is 1. The zero-order valence-electron chi connectivity index (χ0n) is 30.1. The van der Waals surface area contributed by atoms with Crippen molar-refractivity contribution in [3.8, 4) is 5.75 Å². The predicted molar refractivity (Wildman–Crippen MR) is 193 cm³/mol. The van der Waals surface area contributed by atoms with Crippen LogP contribution in [-0.2, 0) is 27.9 Å². The molecule has 3 aliphatic heterocycles. The number of fused-ring (bicyclic) bond motifs is 5. The molecule has 7 rings (SSSR count). The number of hydrogen-bond donors (Lipinski definition) is 1. The molecule has 4 aliphatic rings. The molecule has 3 aromatic rings. The van der Waals surface area contributed by atoms with E-state index in [1.54, 1.807) is 14.0 Å². The van der Waals surface area contributed by atoms with E-state index in [2.05, 4.69) is 27.6 Å². The van der Waals surface area contributed by atoms with Crippen LogP contribution in [0.15, 0.2) is 33.5 Å². The van der Waals surface area contributed by atoms with Crippen molar-refractivity contribution in [1.29, 1.82) is 0 Å². The van der Waals surface area contributed by atoms with E-state index in [0.717, 1.165) is 67.2 Å². The standard InChI is InChI=1S/C37H46FN5O8S/c1-5-50-34-29(35(44)39-52(47,48)43-17-23-6-7-24(16-23)18-43)9-8-28(32(34)38)36(45)42-13-12-26-27-10-11-31(22(2)33(27)51-37(46)30(26)20-42)41-15-14-40(3)25(19-41)21-49-4/h8-11,23-25H,5-7,12-21H2,1-4H3,(H,39,44)/t23?,24?,25-/m1/s1. The van der Waals surface area contributed by atoms with Crippen molar-refractivity contribution in [1.82, 2.24) is 18.8 Å². The first-order valence-corrected chi connectivity index (χ1v) is 19.4. The minimum Gasteiger partial charge on any atom is -0.490 e. The molecule has 0 radical (unpaired) electrons. The number of rotatable bonds is 9. The van der Waals surface area contributed by atoms with E-state index in [-0.39, 0.29) is 48.7 Å². The highest BCUT2D eigenvalue weighted by Gasteiger charge is 2.39.